The number of fused-ring (bicyclic) bond motifs is 1. The Kier molecular flexibility index (Phi) is 9.50. The first-order valence-electron chi connectivity index (χ1n) is 12.7. The van der Waals surface area contributed by atoms with Gasteiger partial charge in [-0.15, -0.1) is 0 Å². The lowest BCUT2D eigenvalue weighted by Gasteiger charge is -2.23. The number of nitrogens with one attached hydrogen (secondary N) is 1. The highest BCUT2D eigenvalue weighted by Crippen LogP contribution is 2.54. The molecule has 2 atom stereocenters. The maximum absolute atomic E-state index is 12.2. The van der Waals surface area contributed by atoms with Crippen molar-refractivity contribution >= 4 is 17.9 Å². The van der Waals surface area contributed by atoms with Crippen molar-refractivity contribution in [3.63, 3.8) is 0 Å². The van der Waals surface area contributed by atoms with Gasteiger partial charge in [-0.2, -0.15) is 0 Å². The van der Waals surface area contributed by atoms with Gasteiger partial charge in [-0.05, 0) is 79.2 Å². The van der Waals surface area contributed by atoms with Crippen molar-refractivity contribution in [1.29, 1.82) is 0 Å². The van der Waals surface area contributed by atoms with Crippen LogP contribution < -0.4 is 10.2 Å². The summed E-state index contributed by atoms with van der Waals surface area (Å²) in [5, 5.41) is 3.04. The van der Waals surface area contributed by atoms with Crippen LogP contribution in [0.1, 0.15) is 56.5 Å². The van der Waals surface area contributed by atoms with Crippen molar-refractivity contribution in [1.82, 2.24) is 5.32 Å². The van der Waals surface area contributed by atoms with Crippen LogP contribution in [0, 0.1) is 23.7 Å². The van der Waals surface area contributed by atoms with Crippen molar-refractivity contribution in [2.75, 3.05) is 24.5 Å². The molecule has 34 heavy (non-hydrogen) atoms. The summed E-state index contributed by atoms with van der Waals surface area (Å²) in [6, 6.07) is 6.36. The molecule has 1 aromatic carbocycles. The standard InChI is InChI=1S/C30H40N2O2/c1-5-7-9-23(10-8-6-2)11-14-30(34)31-16-15-27-28-19-32(20-29(27)28)26-13-12-24(17-22(3)4)25(18-26)21-33/h5,7-14,18,21-22,27-29H,6,15-17,19-20H2,1-4H3,(H,31,34)/b7-5-,10-8+,14-11+,23-9+. The zero-order valence-electron chi connectivity index (χ0n) is 21.2. The van der Waals surface area contributed by atoms with Gasteiger partial charge in [-0.3, -0.25) is 9.59 Å². The molecule has 2 unspecified atom stereocenters. The molecule has 0 aromatic heterocycles. The Morgan fingerprint density at radius 3 is 2.59 bits per heavy atom. The molecule has 182 valence electrons. The van der Waals surface area contributed by atoms with E-state index in [1.165, 1.54) is 0 Å². The minimum Gasteiger partial charge on any atom is -0.371 e. The quantitative estimate of drug-likeness (QED) is 0.240. The van der Waals surface area contributed by atoms with E-state index in [4.69, 9.17) is 0 Å². The molecular weight excluding hydrogens is 420 g/mol. The van der Waals surface area contributed by atoms with E-state index >= 15 is 0 Å². The Bertz CT molecular complexity index is 958. The third-order valence-corrected chi connectivity index (χ3v) is 6.85. The first-order chi connectivity index (χ1) is 16.5. The van der Waals surface area contributed by atoms with Crippen LogP contribution in [0.2, 0.25) is 0 Å². The summed E-state index contributed by atoms with van der Waals surface area (Å²) in [6.07, 6.45) is 17.5. The number of aldehydes is 1. The Morgan fingerprint density at radius 1 is 1.18 bits per heavy atom. The number of anilines is 1. The monoisotopic (exact) mass is 460 g/mol. The van der Waals surface area contributed by atoms with Gasteiger partial charge in [0.15, 0.2) is 0 Å². The number of amides is 1. The first kappa shape index (κ1) is 25.7. The van der Waals surface area contributed by atoms with Crippen LogP contribution >= 0.6 is 0 Å². The van der Waals surface area contributed by atoms with E-state index in [1.54, 1.807) is 6.08 Å². The zero-order chi connectivity index (χ0) is 24.5. The second-order valence-corrected chi connectivity index (χ2v) is 9.91. The summed E-state index contributed by atoms with van der Waals surface area (Å²) in [5.74, 6) is 2.61. The summed E-state index contributed by atoms with van der Waals surface area (Å²) in [6.45, 7) is 11.3. The lowest BCUT2D eigenvalue weighted by atomic mass is 9.98. The molecule has 1 aliphatic heterocycles. The average Bonchev–Trinajstić information content (AvgIpc) is 3.26. The minimum absolute atomic E-state index is 0.0356. The number of nitrogens with zero attached hydrogens (tertiary/aromatic N) is 1. The highest BCUT2D eigenvalue weighted by Gasteiger charge is 2.54. The second-order valence-electron chi connectivity index (χ2n) is 9.91. The second kappa shape index (κ2) is 12.5. The number of carbonyl (C=O) groups excluding carboxylic acids is 2. The summed E-state index contributed by atoms with van der Waals surface area (Å²) in [5.41, 5.74) is 4.15. The highest BCUT2D eigenvalue weighted by molar-refractivity contribution is 5.88. The highest BCUT2D eigenvalue weighted by atomic mass is 16.1. The molecule has 1 saturated heterocycles. The molecule has 1 aliphatic carbocycles. The van der Waals surface area contributed by atoms with Crippen molar-refractivity contribution < 1.29 is 9.59 Å². The zero-order valence-corrected chi connectivity index (χ0v) is 21.2. The Morgan fingerprint density at radius 2 is 1.94 bits per heavy atom. The van der Waals surface area contributed by atoms with Gasteiger partial charge in [0.1, 0.15) is 6.29 Å². The lowest BCUT2D eigenvalue weighted by molar-refractivity contribution is -0.116. The third kappa shape index (κ3) is 7.06. The van der Waals surface area contributed by atoms with Crippen molar-refractivity contribution in [3.8, 4) is 0 Å². The molecule has 1 N–H and O–H groups in total. The fourth-order valence-corrected chi connectivity index (χ4v) is 5.02. The number of hydrogen-bond donors (Lipinski definition) is 1. The predicted octanol–water partition coefficient (Wildman–Crippen LogP) is 5.91. The van der Waals surface area contributed by atoms with Crippen LogP contribution in [0.3, 0.4) is 0 Å². The number of carbonyl (C=O) groups is 2. The molecule has 1 saturated carbocycles. The largest absolute Gasteiger partial charge is 0.371 e. The van der Waals surface area contributed by atoms with Crippen molar-refractivity contribution in [2.24, 2.45) is 23.7 Å². The SMILES string of the molecule is C\C=C/C=C(\C=C\CC)/C=C/C(=O)NCCC1C2CN(c3ccc(CC(C)C)c(C=O)c3)CC12. The molecule has 2 fully saturated rings. The number of piperidine rings is 1. The molecule has 4 heteroatoms. The summed E-state index contributed by atoms with van der Waals surface area (Å²) in [4.78, 5) is 26.2. The van der Waals surface area contributed by atoms with Gasteiger partial charge in [-0.1, -0.05) is 57.2 Å². The van der Waals surface area contributed by atoms with E-state index in [1.807, 2.05) is 37.3 Å². The van der Waals surface area contributed by atoms with E-state index in [2.05, 4.69) is 55.3 Å². The normalized spacial score (nSPS) is 22.3. The average molecular weight is 461 g/mol. The van der Waals surface area contributed by atoms with Crippen LogP contribution in [0.25, 0.3) is 0 Å². The number of hydrogen-bond acceptors (Lipinski definition) is 3. The number of rotatable bonds is 12. The smallest absolute Gasteiger partial charge is 0.243 e. The van der Waals surface area contributed by atoms with E-state index < -0.39 is 0 Å². The fourth-order valence-electron chi connectivity index (χ4n) is 5.02. The van der Waals surface area contributed by atoms with Crippen LogP contribution in [-0.4, -0.2) is 31.8 Å². The van der Waals surface area contributed by atoms with Crippen LogP contribution in [-0.2, 0) is 11.2 Å². The number of benzene rings is 1. The Hall–Kier alpha value is -2.88. The third-order valence-electron chi connectivity index (χ3n) is 6.85. The molecule has 1 heterocycles. The van der Waals surface area contributed by atoms with Crippen molar-refractivity contribution in [3.05, 3.63) is 77.4 Å². The minimum atomic E-state index is -0.0356. The lowest BCUT2D eigenvalue weighted by Crippen LogP contribution is -2.26. The van der Waals surface area contributed by atoms with Gasteiger partial charge >= 0.3 is 0 Å². The van der Waals surface area contributed by atoms with Crippen LogP contribution in [0.4, 0.5) is 5.69 Å². The van der Waals surface area contributed by atoms with E-state index in [0.29, 0.717) is 23.7 Å². The topological polar surface area (TPSA) is 49.4 Å². The summed E-state index contributed by atoms with van der Waals surface area (Å²) < 4.78 is 0. The molecule has 4 nitrogen and oxygen atoms in total. The van der Waals surface area contributed by atoms with E-state index in [-0.39, 0.29) is 5.91 Å². The van der Waals surface area contributed by atoms with Gasteiger partial charge in [-0.25, -0.2) is 0 Å². The molecule has 1 amide bonds. The summed E-state index contributed by atoms with van der Waals surface area (Å²) >= 11 is 0. The van der Waals surface area contributed by atoms with E-state index in [9.17, 15) is 9.59 Å². The Labute approximate surface area is 205 Å². The molecule has 0 radical (unpaired) electrons. The van der Waals surface area contributed by atoms with Crippen LogP contribution in [0.5, 0.6) is 0 Å². The number of allylic oxidation sites excluding steroid dienone is 7. The summed E-state index contributed by atoms with van der Waals surface area (Å²) in [7, 11) is 0. The van der Waals surface area contributed by atoms with Crippen LogP contribution in [0.15, 0.2) is 66.3 Å². The molecule has 3 rings (SSSR count). The van der Waals surface area contributed by atoms with Gasteiger partial charge in [0, 0.05) is 37.0 Å². The molecule has 0 bridgehead atoms. The van der Waals surface area contributed by atoms with E-state index in [0.717, 1.165) is 67.6 Å². The Balaban J connectivity index is 1.43. The van der Waals surface area contributed by atoms with Gasteiger partial charge in [0.25, 0.3) is 0 Å². The maximum atomic E-state index is 12.2. The molecular formula is C30H40N2O2. The first-order valence-corrected chi connectivity index (χ1v) is 12.7. The molecule has 2 aliphatic rings. The van der Waals surface area contributed by atoms with Crippen molar-refractivity contribution in [2.45, 2.75) is 47.0 Å². The fraction of sp³-hybridized carbons (Fsp3) is 0.467. The maximum Gasteiger partial charge on any atom is 0.243 e. The van der Waals surface area contributed by atoms with Gasteiger partial charge < -0.3 is 10.2 Å². The molecule has 0 spiro atoms. The predicted molar refractivity (Wildman–Crippen MR) is 142 cm³/mol. The van der Waals surface area contributed by atoms with Gasteiger partial charge in [0.2, 0.25) is 5.91 Å². The molecule has 1 aromatic rings. The van der Waals surface area contributed by atoms with Gasteiger partial charge in [0.05, 0.1) is 0 Å².